The second kappa shape index (κ2) is 13.3. The molecule has 3 N–H and O–H groups in total. The second-order valence-corrected chi connectivity index (χ2v) is 17.1. The summed E-state index contributed by atoms with van der Waals surface area (Å²) in [6.45, 7) is 14.1. The Kier molecular flexibility index (Phi) is 9.82. The van der Waals surface area contributed by atoms with Gasteiger partial charge in [0.1, 0.15) is 29.3 Å². The molecule has 5 atom stereocenters. The molecule has 1 unspecified atom stereocenters. The highest BCUT2D eigenvalue weighted by Crippen LogP contribution is 2.45. The number of carbonyl (C=O) groups excluding carboxylic acids is 4. The van der Waals surface area contributed by atoms with Crippen molar-refractivity contribution in [1.29, 1.82) is 0 Å². The van der Waals surface area contributed by atoms with Crippen molar-refractivity contribution in [3.05, 3.63) is 36.9 Å². The van der Waals surface area contributed by atoms with Crippen LogP contribution in [0, 0.1) is 11.3 Å². The number of alkyl carbamates (subject to hydrolysis) is 1. The standard InChI is InChI=1S/C34H46N6O9S/c1-9-19-17-34(19,30(43)39-50(45,46)21-14-15-21)36-26(41)24-16-20(48-28-23-13-11-10-12-22(23)27(47-8)37-38-28)18-40(24)29(42)25(32(2,3)4)35-31(44)49-33(5,6)7/h9-13,19-21,24-25H,1,14-18H2,2-8H3,(H,35,44)(H,36,41)(H,39,43)/t19?,20-,24+,25-,34-/m1/s1. The molecule has 1 aromatic heterocycles. The van der Waals surface area contributed by atoms with Gasteiger partial charge in [-0.3, -0.25) is 19.1 Å². The molecular formula is C34H46N6O9S. The van der Waals surface area contributed by atoms with Crippen molar-refractivity contribution < 1.29 is 41.8 Å². The number of rotatable bonds is 11. The third-order valence-electron chi connectivity index (χ3n) is 8.96. The lowest BCUT2D eigenvalue weighted by atomic mass is 9.85. The number of fused-ring (bicyclic) bond motifs is 1. The Morgan fingerprint density at radius 3 is 2.20 bits per heavy atom. The molecule has 2 heterocycles. The molecule has 2 aliphatic carbocycles. The number of nitrogens with one attached hydrogen (secondary N) is 3. The fourth-order valence-electron chi connectivity index (χ4n) is 6.08. The predicted molar refractivity (Wildman–Crippen MR) is 182 cm³/mol. The molecule has 272 valence electrons. The van der Waals surface area contributed by atoms with Crippen LogP contribution >= 0.6 is 0 Å². The number of amides is 4. The molecule has 5 rings (SSSR count). The number of ether oxygens (including phenoxy) is 3. The summed E-state index contributed by atoms with van der Waals surface area (Å²) in [6, 6.07) is 4.89. The normalized spacial score (nSPS) is 24.1. The number of hydrogen-bond donors (Lipinski definition) is 3. The van der Waals surface area contributed by atoms with Crippen molar-refractivity contribution in [1.82, 2.24) is 30.5 Å². The van der Waals surface area contributed by atoms with Crippen LogP contribution in [0.15, 0.2) is 36.9 Å². The molecule has 0 bridgehead atoms. The van der Waals surface area contributed by atoms with Crippen molar-refractivity contribution >= 4 is 44.6 Å². The minimum absolute atomic E-state index is 0.0141. The van der Waals surface area contributed by atoms with Gasteiger partial charge in [0.2, 0.25) is 33.6 Å². The molecule has 2 aromatic rings. The zero-order valence-corrected chi connectivity index (χ0v) is 30.3. The van der Waals surface area contributed by atoms with E-state index in [1.165, 1.54) is 18.1 Å². The lowest BCUT2D eigenvalue weighted by molar-refractivity contribution is -0.143. The van der Waals surface area contributed by atoms with Gasteiger partial charge in [0.15, 0.2) is 0 Å². The predicted octanol–water partition coefficient (Wildman–Crippen LogP) is 2.60. The number of hydrogen-bond acceptors (Lipinski definition) is 11. The number of methoxy groups -OCH3 is 1. The minimum atomic E-state index is -3.90. The SMILES string of the molecule is C=CC1C[C@]1(NC(=O)[C@@H]1C[C@@H](Oc2nnc(OC)c3ccccc23)CN1C(=O)[C@@H](NC(=O)OC(C)(C)C)C(C)(C)C)C(=O)NS(=O)(=O)C1CC1. The van der Waals surface area contributed by atoms with Gasteiger partial charge in [-0.05, 0) is 57.6 Å². The van der Waals surface area contributed by atoms with E-state index in [1.54, 1.807) is 59.7 Å². The Hall–Kier alpha value is -4.47. The number of benzene rings is 1. The van der Waals surface area contributed by atoms with Crippen molar-refractivity contribution in [2.75, 3.05) is 13.7 Å². The van der Waals surface area contributed by atoms with E-state index in [-0.39, 0.29) is 25.3 Å². The van der Waals surface area contributed by atoms with Crippen LogP contribution in [-0.4, -0.2) is 95.6 Å². The monoisotopic (exact) mass is 714 g/mol. The Labute approximate surface area is 291 Å². The molecule has 2 saturated carbocycles. The molecule has 4 amide bonds. The smallest absolute Gasteiger partial charge is 0.408 e. The van der Waals surface area contributed by atoms with Crippen molar-refractivity contribution in [3.63, 3.8) is 0 Å². The third kappa shape index (κ3) is 7.79. The van der Waals surface area contributed by atoms with Crippen molar-refractivity contribution in [3.8, 4) is 11.8 Å². The average Bonchev–Trinajstić information content (AvgIpc) is 3.95. The van der Waals surface area contributed by atoms with E-state index in [4.69, 9.17) is 14.2 Å². The number of likely N-dealkylation sites (tertiary alicyclic amines) is 1. The van der Waals surface area contributed by atoms with E-state index in [2.05, 4.69) is 32.1 Å². The fourth-order valence-corrected chi connectivity index (χ4v) is 7.45. The molecule has 1 aliphatic heterocycles. The first-order valence-corrected chi connectivity index (χ1v) is 18.1. The summed E-state index contributed by atoms with van der Waals surface area (Å²) in [7, 11) is -2.43. The van der Waals surface area contributed by atoms with Gasteiger partial charge in [0, 0.05) is 12.3 Å². The van der Waals surface area contributed by atoms with E-state index in [0.717, 1.165) is 0 Å². The first-order valence-electron chi connectivity index (χ1n) is 16.6. The summed E-state index contributed by atoms with van der Waals surface area (Å²) >= 11 is 0. The van der Waals surface area contributed by atoms with Crippen LogP contribution in [0.1, 0.15) is 67.2 Å². The first-order chi connectivity index (χ1) is 23.3. The lowest BCUT2D eigenvalue weighted by Gasteiger charge is -2.36. The maximum Gasteiger partial charge on any atom is 0.408 e. The molecular weight excluding hydrogens is 668 g/mol. The Morgan fingerprint density at radius 1 is 1.04 bits per heavy atom. The van der Waals surface area contributed by atoms with Gasteiger partial charge in [-0.15, -0.1) is 16.8 Å². The maximum absolute atomic E-state index is 14.4. The van der Waals surface area contributed by atoms with Gasteiger partial charge >= 0.3 is 6.09 Å². The van der Waals surface area contributed by atoms with Crippen molar-refractivity contribution in [2.45, 2.75) is 102 Å². The summed E-state index contributed by atoms with van der Waals surface area (Å²) < 4.78 is 44.5. The maximum atomic E-state index is 14.4. The largest absolute Gasteiger partial charge is 0.479 e. The summed E-state index contributed by atoms with van der Waals surface area (Å²) in [6.07, 6.45) is 0.935. The molecule has 3 fully saturated rings. The van der Waals surface area contributed by atoms with E-state index < -0.39 is 79.7 Å². The highest BCUT2D eigenvalue weighted by molar-refractivity contribution is 7.91. The minimum Gasteiger partial charge on any atom is -0.479 e. The number of nitrogens with zero attached hydrogens (tertiary/aromatic N) is 3. The third-order valence-corrected chi connectivity index (χ3v) is 10.8. The summed E-state index contributed by atoms with van der Waals surface area (Å²) in [5.74, 6) is -2.20. The molecule has 15 nitrogen and oxygen atoms in total. The van der Waals surface area contributed by atoms with E-state index >= 15 is 0 Å². The number of sulfonamides is 1. The van der Waals surface area contributed by atoms with Gasteiger partial charge in [0.05, 0.1) is 29.7 Å². The molecule has 1 saturated heterocycles. The molecule has 16 heteroatoms. The molecule has 0 radical (unpaired) electrons. The van der Waals surface area contributed by atoms with E-state index in [0.29, 0.717) is 29.5 Å². The summed E-state index contributed by atoms with van der Waals surface area (Å²) in [5, 5.41) is 14.4. The summed E-state index contributed by atoms with van der Waals surface area (Å²) in [4.78, 5) is 56.2. The Balaban J connectivity index is 1.45. The highest BCUT2D eigenvalue weighted by atomic mass is 32.2. The summed E-state index contributed by atoms with van der Waals surface area (Å²) in [5.41, 5.74) is -3.22. The Bertz CT molecular complexity index is 1800. The molecule has 0 spiro atoms. The van der Waals surface area contributed by atoms with Crippen LogP contribution in [-0.2, 0) is 29.1 Å². The van der Waals surface area contributed by atoms with Crippen LogP contribution in [0.4, 0.5) is 4.79 Å². The van der Waals surface area contributed by atoms with Gasteiger partial charge < -0.3 is 29.7 Å². The zero-order valence-electron chi connectivity index (χ0n) is 29.4. The van der Waals surface area contributed by atoms with E-state index in [9.17, 15) is 27.6 Å². The van der Waals surface area contributed by atoms with Crippen LogP contribution in [0.25, 0.3) is 10.8 Å². The lowest BCUT2D eigenvalue weighted by Crippen LogP contribution is -2.60. The van der Waals surface area contributed by atoms with Crippen molar-refractivity contribution in [2.24, 2.45) is 11.3 Å². The van der Waals surface area contributed by atoms with Crippen LogP contribution in [0.5, 0.6) is 11.8 Å². The number of carbonyl (C=O) groups is 4. The van der Waals surface area contributed by atoms with Gasteiger partial charge in [-0.1, -0.05) is 39.0 Å². The highest BCUT2D eigenvalue weighted by Gasteiger charge is 2.62. The van der Waals surface area contributed by atoms with E-state index in [1.807, 2.05) is 6.07 Å². The molecule has 1 aromatic carbocycles. The average molecular weight is 715 g/mol. The van der Waals surface area contributed by atoms with Crippen LogP contribution in [0.2, 0.25) is 0 Å². The molecule has 3 aliphatic rings. The van der Waals surface area contributed by atoms with Gasteiger partial charge in [-0.2, -0.15) is 0 Å². The number of aromatic nitrogens is 2. The zero-order chi connectivity index (χ0) is 36.8. The molecule has 50 heavy (non-hydrogen) atoms. The van der Waals surface area contributed by atoms with Crippen LogP contribution in [0.3, 0.4) is 0 Å². The van der Waals surface area contributed by atoms with Gasteiger partial charge in [-0.25, -0.2) is 13.2 Å². The van der Waals surface area contributed by atoms with Gasteiger partial charge in [0.25, 0.3) is 5.91 Å². The second-order valence-electron chi connectivity index (χ2n) is 15.2. The Morgan fingerprint density at radius 2 is 1.66 bits per heavy atom. The quantitative estimate of drug-likeness (QED) is 0.290. The van der Waals surface area contributed by atoms with Crippen LogP contribution < -0.4 is 24.8 Å². The topological polar surface area (TPSA) is 195 Å². The first kappa shape index (κ1) is 36.8. The fraction of sp³-hybridized carbons (Fsp3) is 0.588.